The Morgan fingerprint density at radius 2 is 1.72 bits per heavy atom. The highest BCUT2D eigenvalue weighted by Crippen LogP contribution is 2.37. The number of aromatic nitrogens is 1. The zero-order valence-corrected chi connectivity index (χ0v) is 17.1. The van der Waals surface area contributed by atoms with E-state index in [0.717, 1.165) is 0 Å². The number of rotatable bonds is 3. The highest BCUT2D eigenvalue weighted by molar-refractivity contribution is 6.62. The zero-order chi connectivity index (χ0) is 21.1. The fraction of sp³-hybridized carbons (Fsp3) is 0.429. The van der Waals surface area contributed by atoms with Crippen LogP contribution in [0.2, 0.25) is 0 Å². The summed E-state index contributed by atoms with van der Waals surface area (Å²) in [4.78, 5) is 18.3. The lowest BCUT2D eigenvalue weighted by atomic mass is 9.78. The van der Waals surface area contributed by atoms with Crippen molar-refractivity contribution in [2.45, 2.75) is 58.4 Å². The molecule has 0 radical (unpaired) electrons. The van der Waals surface area contributed by atoms with E-state index < -0.39 is 36.0 Å². The summed E-state index contributed by atoms with van der Waals surface area (Å²) in [5, 5.41) is 0. The number of halogens is 2. The Bertz CT molecular complexity index is 957. The van der Waals surface area contributed by atoms with Gasteiger partial charge in [0.05, 0.1) is 35.0 Å². The van der Waals surface area contributed by atoms with Crippen LogP contribution in [-0.2, 0) is 15.9 Å². The van der Waals surface area contributed by atoms with Crippen molar-refractivity contribution in [1.82, 2.24) is 9.88 Å². The number of amides is 1. The second kappa shape index (κ2) is 6.60. The third-order valence-corrected chi connectivity index (χ3v) is 6.21. The number of carbonyl (C=O) groups excluding carboxylic acids is 1. The van der Waals surface area contributed by atoms with Gasteiger partial charge in [-0.3, -0.25) is 9.78 Å². The van der Waals surface area contributed by atoms with Gasteiger partial charge in [-0.2, -0.15) is 0 Å². The second-order valence-electron chi connectivity index (χ2n) is 8.59. The highest BCUT2D eigenvalue weighted by atomic mass is 19.1. The number of hydrogen-bond donors (Lipinski definition) is 0. The number of nitrogens with zero attached hydrogens (tertiary/aromatic N) is 2. The van der Waals surface area contributed by atoms with Crippen molar-refractivity contribution >= 4 is 18.5 Å². The summed E-state index contributed by atoms with van der Waals surface area (Å²) in [6.07, 6.45) is 1.60. The molecule has 3 heterocycles. The van der Waals surface area contributed by atoms with Gasteiger partial charge >= 0.3 is 7.12 Å². The molecule has 4 rings (SSSR count). The second-order valence-corrected chi connectivity index (χ2v) is 8.59. The van der Waals surface area contributed by atoms with E-state index in [2.05, 4.69) is 4.98 Å². The van der Waals surface area contributed by atoms with Crippen LogP contribution in [0.15, 0.2) is 30.5 Å². The van der Waals surface area contributed by atoms with Gasteiger partial charge in [0.15, 0.2) is 0 Å². The predicted molar refractivity (Wildman–Crippen MR) is 105 cm³/mol. The molecule has 0 spiro atoms. The van der Waals surface area contributed by atoms with Gasteiger partial charge in [-0.1, -0.05) is 0 Å². The normalized spacial score (nSPS) is 20.9. The topological polar surface area (TPSA) is 51.7 Å². The van der Waals surface area contributed by atoms with E-state index in [9.17, 15) is 4.79 Å². The Balaban J connectivity index is 1.63. The van der Waals surface area contributed by atoms with E-state index in [1.165, 1.54) is 17.0 Å². The number of hydrogen-bond acceptors (Lipinski definition) is 4. The van der Waals surface area contributed by atoms with Crippen LogP contribution in [-0.4, -0.2) is 34.1 Å². The Kier molecular flexibility index (Phi) is 4.55. The molecule has 1 fully saturated rings. The summed E-state index contributed by atoms with van der Waals surface area (Å²) in [6, 6.07) is 5.01. The van der Waals surface area contributed by atoms with Crippen molar-refractivity contribution in [3.63, 3.8) is 0 Å². The smallest absolute Gasteiger partial charge is 0.399 e. The average molecular weight is 400 g/mol. The quantitative estimate of drug-likeness (QED) is 0.742. The van der Waals surface area contributed by atoms with Crippen LogP contribution in [0.3, 0.4) is 0 Å². The Morgan fingerprint density at radius 3 is 2.28 bits per heavy atom. The van der Waals surface area contributed by atoms with Gasteiger partial charge in [-0.05, 0) is 64.3 Å². The van der Waals surface area contributed by atoms with Crippen LogP contribution in [0, 0.1) is 11.6 Å². The minimum atomic E-state index is -0.866. The fourth-order valence-electron chi connectivity index (χ4n) is 3.73. The maximum absolute atomic E-state index is 15.0. The fourth-order valence-corrected chi connectivity index (χ4v) is 3.73. The summed E-state index contributed by atoms with van der Waals surface area (Å²) in [6.45, 7) is 9.33. The maximum Gasteiger partial charge on any atom is 0.495 e. The first-order valence-corrected chi connectivity index (χ1v) is 9.61. The largest absolute Gasteiger partial charge is 0.495 e. The van der Waals surface area contributed by atoms with Gasteiger partial charge < -0.3 is 14.2 Å². The Hall–Kier alpha value is -2.32. The number of carbonyl (C=O) groups is 1. The molecule has 1 unspecified atom stereocenters. The monoisotopic (exact) mass is 400 g/mol. The lowest BCUT2D eigenvalue weighted by molar-refractivity contribution is 0.00578. The lowest BCUT2D eigenvalue weighted by Crippen LogP contribution is -2.41. The number of pyridine rings is 1. The minimum Gasteiger partial charge on any atom is -0.399 e. The lowest BCUT2D eigenvalue weighted by Gasteiger charge is -2.32. The van der Waals surface area contributed by atoms with Crippen molar-refractivity contribution in [1.29, 1.82) is 0 Å². The zero-order valence-electron chi connectivity index (χ0n) is 17.1. The van der Waals surface area contributed by atoms with Crippen molar-refractivity contribution in [2.75, 3.05) is 0 Å². The Morgan fingerprint density at radius 1 is 1.14 bits per heavy atom. The van der Waals surface area contributed by atoms with E-state index in [4.69, 9.17) is 9.31 Å². The minimum absolute atomic E-state index is 0.161. The van der Waals surface area contributed by atoms with Crippen LogP contribution in [0.1, 0.15) is 62.3 Å². The van der Waals surface area contributed by atoms with Crippen LogP contribution in [0.25, 0.3) is 0 Å². The summed E-state index contributed by atoms with van der Waals surface area (Å²) in [5.74, 6) is -1.76. The van der Waals surface area contributed by atoms with Crippen LogP contribution in [0.4, 0.5) is 8.78 Å². The van der Waals surface area contributed by atoms with Crippen LogP contribution in [0.5, 0.6) is 0 Å². The molecule has 1 atom stereocenters. The molecule has 0 aliphatic carbocycles. The number of fused-ring (bicyclic) bond motifs is 1. The van der Waals surface area contributed by atoms with Gasteiger partial charge in [-0.25, -0.2) is 8.78 Å². The molecule has 8 heteroatoms. The summed E-state index contributed by atoms with van der Waals surface area (Å²) in [5.41, 5.74) is -0.0407. The third kappa shape index (κ3) is 3.15. The summed E-state index contributed by atoms with van der Waals surface area (Å²) < 4.78 is 41.8. The first-order chi connectivity index (χ1) is 13.5. The van der Waals surface area contributed by atoms with Crippen molar-refractivity contribution in [2.24, 2.45) is 0 Å². The molecule has 29 heavy (non-hydrogen) atoms. The standard InChI is InChI=1S/C21H23BF2N2O3/c1-12(26-11-17-14(19(26)27)7-6-8-25-17)18-15(23)9-13(10-16(18)24)22-28-20(2,3)21(4,5)29-22/h6-10,12H,11H2,1-5H3. The number of benzene rings is 1. The van der Waals surface area contributed by atoms with Gasteiger partial charge in [-0.15, -0.1) is 0 Å². The van der Waals surface area contributed by atoms with Crippen LogP contribution < -0.4 is 5.46 Å². The molecule has 0 saturated carbocycles. The van der Waals surface area contributed by atoms with Gasteiger partial charge in [0, 0.05) is 11.8 Å². The van der Waals surface area contributed by atoms with Gasteiger partial charge in [0.25, 0.3) is 5.91 Å². The van der Waals surface area contributed by atoms with E-state index in [0.29, 0.717) is 11.3 Å². The molecule has 2 aliphatic rings. The van der Waals surface area contributed by atoms with E-state index in [1.54, 1.807) is 25.3 Å². The van der Waals surface area contributed by atoms with Crippen LogP contribution >= 0.6 is 0 Å². The van der Waals surface area contributed by atoms with Gasteiger partial charge in [0.2, 0.25) is 0 Å². The predicted octanol–water partition coefficient (Wildman–Crippen LogP) is 3.38. The molecule has 2 aromatic rings. The molecular weight excluding hydrogens is 377 g/mol. The first kappa shape index (κ1) is 20.0. The summed E-state index contributed by atoms with van der Waals surface area (Å²) >= 11 is 0. The van der Waals surface area contributed by atoms with Crippen molar-refractivity contribution in [3.05, 3.63) is 58.9 Å². The molecule has 0 N–H and O–H groups in total. The van der Waals surface area contributed by atoms with E-state index in [-0.39, 0.29) is 23.5 Å². The molecule has 152 valence electrons. The van der Waals surface area contributed by atoms with Crippen molar-refractivity contribution in [3.8, 4) is 0 Å². The molecule has 0 bridgehead atoms. The molecular formula is C21H23BF2N2O3. The van der Waals surface area contributed by atoms with E-state index >= 15 is 8.78 Å². The average Bonchev–Trinajstić information content (AvgIpc) is 3.07. The molecule has 5 nitrogen and oxygen atoms in total. The molecule has 2 aliphatic heterocycles. The maximum atomic E-state index is 15.0. The molecule has 1 saturated heterocycles. The van der Waals surface area contributed by atoms with Crippen molar-refractivity contribution < 1.29 is 22.9 Å². The Labute approximate surface area is 169 Å². The first-order valence-electron chi connectivity index (χ1n) is 9.61. The molecule has 1 aromatic carbocycles. The molecule has 1 amide bonds. The SMILES string of the molecule is CC(c1c(F)cc(B2OC(C)(C)C(C)(C)O2)cc1F)N1Cc2ncccc2C1=O. The highest BCUT2D eigenvalue weighted by Gasteiger charge is 2.52. The van der Waals surface area contributed by atoms with E-state index in [1.807, 2.05) is 27.7 Å². The summed E-state index contributed by atoms with van der Waals surface area (Å²) in [7, 11) is -0.866. The molecule has 1 aromatic heterocycles. The van der Waals surface area contributed by atoms with Gasteiger partial charge in [0.1, 0.15) is 11.6 Å². The third-order valence-electron chi connectivity index (χ3n) is 6.21.